The van der Waals surface area contributed by atoms with Crippen molar-refractivity contribution in [3.05, 3.63) is 0 Å². The minimum absolute atomic E-state index is 0.0158. The first kappa shape index (κ1) is 14.6. The first-order chi connectivity index (χ1) is 9.03. The van der Waals surface area contributed by atoms with E-state index in [2.05, 4.69) is 12.2 Å². The summed E-state index contributed by atoms with van der Waals surface area (Å²) in [6, 6.07) is 0.0158. The molecule has 1 aliphatic carbocycles. The SMILES string of the molecule is CC1CCC(NC(=O)N2CCCCC2)(C(N)=S)CC1. The molecule has 5 heteroatoms. The fourth-order valence-corrected chi connectivity index (χ4v) is 3.32. The van der Waals surface area contributed by atoms with E-state index < -0.39 is 5.54 Å². The van der Waals surface area contributed by atoms with Crippen LogP contribution in [-0.2, 0) is 0 Å². The second-order valence-electron chi connectivity index (χ2n) is 6.11. The second kappa shape index (κ2) is 6.07. The minimum atomic E-state index is -0.448. The highest BCUT2D eigenvalue weighted by atomic mass is 32.1. The van der Waals surface area contributed by atoms with Gasteiger partial charge in [-0.25, -0.2) is 4.79 Å². The normalized spacial score (nSPS) is 31.8. The number of urea groups is 1. The molecule has 0 aromatic heterocycles. The lowest BCUT2D eigenvalue weighted by Gasteiger charge is -2.41. The monoisotopic (exact) mass is 283 g/mol. The van der Waals surface area contributed by atoms with Gasteiger partial charge in [0.05, 0.1) is 10.5 Å². The molecule has 1 aliphatic heterocycles. The fourth-order valence-electron chi connectivity index (χ4n) is 3.07. The van der Waals surface area contributed by atoms with E-state index in [1.807, 2.05) is 4.90 Å². The highest BCUT2D eigenvalue weighted by molar-refractivity contribution is 7.80. The molecule has 0 radical (unpaired) electrons. The standard InChI is InChI=1S/C14H25N3OS/c1-11-5-7-14(8-6-11,12(15)19)16-13(18)17-9-3-2-4-10-17/h11H,2-10H2,1H3,(H2,15,19)(H,16,18). The third kappa shape index (κ3) is 3.38. The molecule has 2 fully saturated rings. The Balaban J connectivity index is 2.00. The van der Waals surface area contributed by atoms with Crippen LogP contribution in [0.2, 0.25) is 0 Å². The molecule has 0 spiro atoms. The smallest absolute Gasteiger partial charge is 0.318 e. The Bertz CT molecular complexity index is 345. The molecular formula is C14H25N3OS. The largest absolute Gasteiger partial charge is 0.391 e. The van der Waals surface area contributed by atoms with Crippen LogP contribution in [0.25, 0.3) is 0 Å². The van der Waals surface area contributed by atoms with Crippen molar-refractivity contribution in [2.24, 2.45) is 11.7 Å². The Morgan fingerprint density at radius 3 is 2.37 bits per heavy atom. The van der Waals surface area contributed by atoms with Gasteiger partial charge in [-0.3, -0.25) is 0 Å². The van der Waals surface area contributed by atoms with E-state index in [0.29, 0.717) is 10.9 Å². The van der Waals surface area contributed by atoms with Gasteiger partial charge in [0.1, 0.15) is 0 Å². The number of nitrogens with two attached hydrogens (primary N) is 1. The Morgan fingerprint density at radius 2 is 1.84 bits per heavy atom. The highest BCUT2D eigenvalue weighted by Crippen LogP contribution is 2.32. The van der Waals surface area contributed by atoms with Crippen molar-refractivity contribution < 1.29 is 4.79 Å². The van der Waals surface area contributed by atoms with E-state index in [0.717, 1.165) is 51.6 Å². The number of likely N-dealkylation sites (tertiary alicyclic amines) is 1. The molecular weight excluding hydrogens is 258 g/mol. The summed E-state index contributed by atoms with van der Waals surface area (Å²) < 4.78 is 0. The lowest BCUT2D eigenvalue weighted by Crippen LogP contribution is -2.61. The Kier molecular flexibility index (Phi) is 4.66. The summed E-state index contributed by atoms with van der Waals surface area (Å²) >= 11 is 5.23. The van der Waals surface area contributed by atoms with Crippen molar-refractivity contribution in [2.45, 2.75) is 57.4 Å². The Labute approximate surface area is 121 Å². The number of hydrogen-bond donors (Lipinski definition) is 2. The van der Waals surface area contributed by atoms with Crippen LogP contribution in [0.1, 0.15) is 51.9 Å². The van der Waals surface area contributed by atoms with Crippen LogP contribution < -0.4 is 11.1 Å². The number of carbonyl (C=O) groups excluding carboxylic acids is 1. The number of amides is 2. The first-order valence-electron chi connectivity index (χ1n) is 7.40. The van der Waals surface area contributed by atoms with E-state index in [9.17, 15) is 4.79 Å². The molecule has 0 aromatic rings. The van der Waals surface area contributed by atoms with Crippen LogP contribution in [0.15, 0.2) is 0 Å². The van der Waals surface area contributed by atoms with Gasteiger partial charge >= 0.3 is 6.03 Å². The molecule has 2 aliphatic rings. The summed E-state index contributed by atoms with van der Waals surface area (Å²) in [5.41, 5.74) is 5.48. The molecule has 108 valence electrons. The number of piperidine rings is 1. The van der Waals surface area contributed by atoms with Crippen molar-refractivity contribution in [3.63, 3.8) is 0 Å². The number of nitrogens with one attached hydrogen (secondary N) is 1. The predicted molar refractivity (Wildman–Crippen MR) is 81.1 cm³/mol. The zero-order valence-corrected chi connectivity index (χ0v) is 12.6. The molecule has 19 heavy (non-hydrogen) atoms. The van der Waals surface area contributed by atoms with E-state index in [4.69, 9.17) is 18.0 Å². The fraction of sp³-hybridized carbons (Fsp3) is 0.857. The first-order valence-corrected chi connectivity index (χ1v) is 7.81. The summed E-state index contributed by atoms with van der Waals surface area (Å²) in [6.45, 7) is 3.96. The van der Waals surface area contributed by atoms with Gasteiger partial charge in [0.2, 0.25) is 0 Å². The van der Waals surface area contributed by atoms with Crippen LogP contribution in [0, 0.1) is 5.92 Å². The lowest BCUT2D eigenvalue weighted by molar-refractivity contribution is 0.169. The van der Waals surface area contributed by atoms with Crippen molar-refractivity contribution in [3.8, 4) is 0 Å². The average molecular weight is 283 g/mol. The predicted octanol–water partition coefficient (Wildman–Crippen LogP) is 2.42. The van der Waals surface area contributed by atoms with Crippen molar-refractivity contribution in [1.82, 2.24) is 10.2 Å². The van der Waals surface area contributed by atoms with Crippen LogP contribution in [0.5, 0.6) is 0 Å². The van der Waals surface area contributed by atoms with Gasteiger partial charge in [0.25, 0.3) is 0 Å². The van der Waals surface area contributed by atoms with Crippen LogP contribution in [0.3, 0.4) is 0 Å². The number of carbonyl (C=O) groups is 1. The number of rotatable bonds is 2. The lowest BCUT2D eigenvalue weighted by atomic mass is 9.77. The van der Waals surface area contributed by atoms with Crippen LogP contribution in [0.4, 0.5) is 4.79 Å². The van der Waals surface area contributed by atoms with Gasteiger partial charge in [-0.05, 0) is 50.9 Å². The number of thiocarbonyl (C=S) groups is 1. The zero-order valence-electron chi connectivity index (χ0n) is 11.8. The highest BCUT2D eigenvalue weighted by Gasteiger charge is 2.39. The maximum atomic E-state index is 12.4. The van der Waals surface area contributed by atoms with Gasteiger partial charge in [-0.2, -0.15) is 0 Å². The molecule has 2 rings (SSSR count). The molecule has 1 saturated heterocycles. The molecule has 1 heterocycles. The molecule has 2 amide bonds. The van der Waals surface area contributed by atoms with Crippen molar-refractivity contribution in [2.75, 3.05) is 13.1 Å². The second-order valence-corrected chi connectivity index (χ2v) is 6.55. The molecule has 0 aromatic carbocycles. The maximum absolute atomic E-state index is 12.4. The summed E-state index contributed by atoms with van der Waals surface area (Å²) in [7, 11) is 0. The summed E-state index contributed by atoms with van der Waals surface area (Å²) in [4.78, 5) is 14.7. The van der Waals surface area contributed by atoms with Crippen molar-refractivity contribution >= 4 is 23.2 Å². The van der Waals surface area contributed by atoms with Gasteiger partial charge in [-0.15, -0.1) is 0 Å². The molecule has 4 nitrogen and oxygen atoms in total. The molecule has 3 N–H and O–H groups in total. The Hall–Kier alpha value is -0.840. The molecule has 1 saturated carbocycles. The summed E-state index contributed by atoms with van der Waals surface area (Å²) in [5.74, 6) is 0.703. The summed E-state index contributed by atoms with van der Waals surface area (Å²) in [5, 5.41) is 3.14. The van der Waals surface area contributed by atoms with Crippen LogP contribution >= 0.6 is 12.2 Å². The molecule has 0 unspecified atom stereocenters. The maximum Gasteiger partial charge on any atom is 0.318 e. The number of nitrogens with zero attached hydrogens (tertiary/aromatic N) is 1. The molecule has 0 atom stereocenters. The van der Waals surface area contributed by atoms with Crippen molar-refractivity contribution in [1.29, 1.82) is 0 Å². The van der Waals surface area contributed by atoms with Gasteiger partial charge < -0.3 is 16.0 Å². The quantitative estimate of drug-likeness (QED) is 0.765. The van der Waals surface area contributed by atoms with Crippen LogP contribution in [-0.4, -0.2) is 34.5 Å². The van der Waals surface area contributed by atoms with Gasteiger partial charge in [0.15, 0.2) is 0 Å². The number of hydrogen-bond acceptors (Lipinski definition) is 2. The zero-order chi connectivity index (χ0) is 13.9. The average Bonchev–Trinajstić information content (AvgIpc) is 2.42. The minimum Gasteiger partial charge on any atom is -0.391 e. The van der Waals surface area contributed by atoms with E-state index >= 15 is 0 Å². The van der Waals surface area contributed by atoms with E-state index in [1.54, 1.807) is 0 Å². The summed E-state index contributed by atoms with van der Waals surface area (Å²) in [6.07, 6.45) is 7.35. The third-order valence-electron chi connectivity index (χ3n) is 4.59. The van der Waals surface area contributed by atoms with E-state index in [-0.39, 0.29) is 6.03 Å². The third-order valence-corrected chi connectivity index (χ3v) is 4.98. The topological polar surface area (TPSA) is 58.4 Å². The molecule has 0 bridgehead atoms. The Morgan fingerprint density at radius 1 is 1.26 bits per heavy atom. The van der Waals surface area contributed by atoms with Gasteiger partial charge in [0, 0.05) is 13.1 Å². The van der Waals surface area contributed by atoms with Gasteiger partial charge in [-0.1, -0.05) is 19.1 Å². The van der Waals surface area contributed by atoms with E-state index in [1.165, 1.54) is 6.42 Å².